The molecular weight excluding hydrogens is 246 g/mol. The molecule has 110 valence electrons. The van der Waals surface area contributed by atoms with Crippen molar-refractivity contribution in [3.8, 4) is 0 Å². The fraction of sp³-hybridized carbons (Fsp3) is 0.611. The van der Waals surface area contributed by atoms with Gasteiger partial charge < -0.3 is 0 Å². The van der Waals surface area contributed by atoms with Crippen LogP contribution in [0.3, 0.4) is 0 Å². The van der Waals surface area contributed by atoms with Gasteiger partial charge in [-0.05, 0) is 51.8 Å². The molecule has 0 radical (unpaired) electrons. The van der Waals surface area contributed by atoms with Gasteiger partial charge in [-0.3, -0.25) is 9.69 Å². The van der Waals surface area contributed by atoms with Gasteiger partial charge in [0.25, 0.3) is 0 Å². The number of rotatable bonds is 5. The number of benzene rings is 1. The predicted molar refractivity (Wildman–Crippen MR) is 83.9 cm³/mol. The molecular formula is C18H27NO. The number of carbonyl (C=O) groups is 1. The van der Waals surface area contributed by atoms with E-state index in [0.29, 0.717) is 12.2 Å². The Morgan fingerprint density at radius 1 is 1.05 bits per heavy atom. The average Bonchev–Trinajstić information content (AvgIpc) is 2.75. The number of hydrogen-bond donors (Lipinski definition) is 0. The second-order valence-corrected chi connectivity index (χ2v) is 6.37. The Balaban J connectivity index is 1.92. The van der Waals surface area contributed by atoms with Crippen LogP contribution in [-0.2, 0) is 11.2 Å². The lowest BCUT2D eigenvalue weighted by molar-refractivity contribution is -0.129. The molecule has 0 amide bonds. The van der Waals surface area contributed by atoms with Crippen LogP contribution in [0.5, 0.6) is 0 Å². The summed E-state index contributed by atoms with van der Waals surface area (Å²) in [6.07, 6.45) is 6.59. The van der Waals surface area contributed by atoms with Crippen molar-refractivity contribution < 1.29 is 4.79 Å². The second kappa shape index (κ2) is 7.03. The van der Waals surface area contributed by atoms with E-state index < -0.39 is 0 Å². The minimum absolute atomic E-state index is 0.306. The number of hydrogen-bond acceptors (Lipinski definition) is 2. The third-order valence-electron chi connectivity index (χ3n) is 4.56. The van der Waals surface area contributed by atoms with Crippen molar-refractivity contribution in [2.24, 2.45) is 0 Å². The average molecular weight is 273 g/mol. The van der Waals surface area contributed by atoms with Crippen LogP contribution in [-0.4, -0.2) is 29.3 Å². The van der Waals surface area contributed by atoms with E-state index >= 15 is 0 Å². The maximum Gasteiger partial charge on any atom is 0.152 e. The van der Waals surface area contributed by atoms with Gasteiger partial charge in [0.2, 0.25) is 0 Å². The van der Waals surface area contributed by atoms with Crippen LogP contribution in [0.25, 0.3) is 0 Å². The molecule has 1 aliphatic rings. The highest BCUT2D eigenvalue weighted by molar-refractivity contribution is 5.87. The van der Waals surface area contributed by atoms with Gasteiger partial charge in [-0.1, -0.05) is 43.2 Å². The molecule has 1 heterocycles. The van der Waals surface area contributed by atoms with Crippen molar-refractivity contribution in [3.63, 3.8) is 0 Å². The molecule has 2 rings (SSSR count). The summed E-state index contributed by atoms with van der Waals surface area (Å²) >= 11 is 0. The molecule has 1 saturated heterocycles. The highest BCUT2D eigenvalue weighted by Gasteiger charge is 2.33. The largest absolute Gasteiger partial charge is 0.298 e. The zero-order valence-corrected chi connectivity index (χ0v) is 12.9. The predicted octanol–water partition coefficient (Wildman–Crippen LogP) is 3.84. The molecule has 20 heavy (non-hydrogen) atoms. The van der Waals surface area contributed by atoms with Crippen molar-refractivity contribution in [3.05, 3.63) is 35.9 Å². The molecule has 0 spiro atoms. The van der Waals surface area contributed by atoms with E-state index in [2.05, 4.69) is 30.9 Å². The Kier molecular flexibility index (Phi) is 5.36. The smallest absolute Gasteiger partial charge is 0.152 e. The maximum absolute atomic E-state index is 12.6. The highest BCUT2D eigenvalue weighted by atomic mass is 16.1. The number of Topliss-reactive ketones (excluding diaryl/α,β-unsaturated/α-hetero) is 1. The first-order chi connectivity index (χ1) is 9.60. The molecule has 0 bridgehead atoms. The fourth-order valence-electron chi connectivity index (χ4n) is 3.01. The van der Waals surface area contributed by atoms with Gasteiger partial charge in [0.05, 0.1) is 5.54 Å². The van der Waals surface area contributed by atoms with E-state index in [0.717, 1.165) is 19.5 Å². The van der Waals surface area contributed by atoms with Crippen molar-refractivity contribution in [1.29, 1.82) is 0 Å². The lowest BCUT2D eigenvalue weighted by Crippen LogP contribution is -2.50. The van der Waals surface area contributed by atoms with Gasteiger partial charge in [-0.25, -0.2) is 0 Å². The standard InChI is InChI=1S/C18H27NO/c1-18(2,19-14-8-3-4-9-15-19)17(20)13-12-16-10-6-5-7-11-16/h5-7,10-11H,3-4,8-9,12-15H2,1-2H3. The van der Waals surface area contributed by atoms with Crippen molar-refractivity contribution in [2.45, 2.75) is 57.9 Å². The van der Waals surface area contributed by atoms with Crippen LogP contribution in [0.1, 0.15) is 51.5 Å². The molecule has 0 aromatic heterocycles. The Morgan fingerprint density at radius 2 is 1.65 bits per heavy atom. The van der Waals surface area contributed by atoms with E-state index in [9.17, 15) is 4.79 Å². The molecule has 1 aromatic rings. The Labute approximate surface area is 123 Å². The van der Waals surface area contributed by atoms with Crippen LogP contribution < -0.4 is 0 Å². The molecule has 2 heteroatoms. The molecule has 1 fully saturated rings. The molecule has 1 aromatic carbocycles. The molecule has 0 atom stereocenters. The lowest BCUT2D eigenvalue weighted by Gasteiger charge is -2.36. The van der Waals surface area contributed by atoms with Gasteiger partial charge in [0.15, 0.2) is 5.78 Å². The maximum atomic E-state index is 12.6. The van der Waals surface area contributed by atoms with E-state index in [4.69, 9.17) is 0 Å². The summed E-state index contributed by atoms with van der Waals surface area (Å²) < 4.78 is 0. The molecule has 0 N–H and O–H groups in total. The summed E-state index contributed by atoms with van der Waals surface area (Å²) in [4.78, 5) is 15.0. The number of likely N-dealkylation sites (tertiary alicyclic amines) is 1. The lowest BCUT2D eigenvalue weighted by atomic mass is 9.91. The summed E-state index contributed by atoms with van der Waals surface area (Å²) in [6, 6.07) is 10.3. The fourth-order valence-corrected chi connectivity index (χ4v) is 3.01. The summed E-state index contributed by atoms with van der Waals surface area (Å²) in [6.45, 7) is 6.35. The van der Waals surface area contributed by atoms with E-state index in [-0.39, 0.29) is 5.54 Å². The summed E-state index contributed by atoms with van der Waals surface area (Å²) in [5, 5.41) is 0. The molecule has 2 nitrogen and oxygen atoms in total. The molecule has 1 aliphatic heterocycles. The van der Waals surface area contributed by atoms with Crippen LogP contribution in [0.4, 0.5) is 0 Å². The number of nitrogens with zero attached hydrogens (tertiary/aromatic N) is 1. The summed E-state index contributed by atoms with van der Waals surface area (Å²) in [5.41, 5.74) is 0.951. The van der Waals surface area contributed by atoms with Crippen molar-refractivity contribution >= 4 is 5.78 Å². The molecule has 0 unspecified atom stereocenters. The molecule has 0 saturated carbocycles. The first kappa shape index (κ1) is 15.2. The van der Waals surface area contributed by atoms with Crippen molar-refractivity contribution in [2.75, 3.05) is 13.1 Å². The van der Waals surface area contributed by atoms with Crippen LogP contribution >= 0.6 is 0 Å². The number of carbonyl (C=O) groups excluding carboxylic acids is 1. The monoisotopic (exact) mass is 273 g/mol. The topological polar surface area (TPSA) is 20.3 Å². The van der Waals surface area contributed by atoms with E-state index in [1.54, 1.807) is 0 Å². The minimum atomic E-state index is -0.306. The van der Waals surface area contributed by atoms with Crippen LogP contribution in [0.15, 0.2) is 30.3 Å². The highest BCUT2D eigenvalue weighted by Crippen LogP contribution is 2.23. The van der Waals surface area contributed by atoms with Crippen molar-refractivity contribution in [1.82, 2.24) is 4.90 Å². The van der Waals surface area contributed by atoms with Crippen LogP contribution in [0.2, 0.25) is 0 Å². The van der Waals surface area contributed by atoms with Gasteiger partial charge in [0.1, 0.15) is 0 Å². The zero-order valence-electron chi connectivity index (χ0n) is 12.9. The first-order valence-corrected chi connectivity index (χ1v) is 7.93. The molecule has 0 aliphatic carbocycles. The van der Waals surface area contributed by atoms with Gasteiger partial charge in [-0.2, -0.15) is 0 Å². The van der Waals surface area contributed by atoms with E-state index in [1.807, 2.05) is 18.2 Å². The second-order valence-electron chi connectivity index (χ2n) is 6.37. The van der Waals surface area contributed by atoms with Crippen LogP contribution in [0, 0.1) is 0 Å². The summed E-state index contributed by atoms with van der Waals surface area (Å²) in [7, 11) is 0. The van der Waals surface area contributed by atoms with Gasteiger partial charge in [-0.15, -0.1) is 0 Å². The third kappa shape index (κ3) is 3.92. The SMILES string of the molecule is CC(C)(C(=O)CCc1ccccc1)N1CCCCCC1. The Bertz CT molecular complexity index is 416. The summed E-state index contributed by atoms with van der Waals surface area (Å²) in [5.74, 6) is 0.378. The minimum Gasteiger partial charge on any atom is -0.298 e. The normalized spacial score (nSPS) is 17.7. The third-order valence-corrected chi connectivity index (χ3v) is 4.56. The Hall–Kier alpha value is -1.15. The Morgan fingerprint density at radius 3 is 2.25 bits per heavy atom. The quantitative estimate of drug-likeness (QED) is 0.812. The number of aryl methyl sites for hydroxylation is 1. The zero-order chi connectivity index (χ0) is 14.4. The van der Waals surface area contributed by atoms with Gasteiger partial charge in [0, 0.05) is 6.42 Å². The van der Waals surface area contributed by atoms with Gasteiger partial charge >= 0.3 is 0 Å². The van der Waals surface area contributed by atoms with E-state index in [1.165, 1.54) is 31.2 Å². The first-order valence-electron chi connectivity index (χ1n) is 7.93. The number of ketones is 1.